The van der Waals surface area contributed by atoms with Gasteiger partial charge in [-0.2, -0.15) is 0 Å². The maximum absolute atomic E-state index is 6.46. The standard InChI is InChI=1S/C18H26Br2O/c1-3-14(4-2)18-17(20)16(19)12-15(21-18)11-10-13-8-6-5-7-9-13/h5-9,14-18H,3-4,10-12H2,1-2H3/t15-,16+,17+,18+/m0/s1. The topological polar surface area (TPSA) is 9.23 Å². The van der Waals surface area contributed by atoms with Crippen LogP contribution in [0.2, 0.25) is 0 Å². The fourth-order valence-corrected chi connectivity index (χ4v) is 4.71. The lowest BCUT2D eigenvalue weighted by Crippen LogP contribution is -2.46. The first-order valence-corrected chi connectivity index (χ1v) is 9.96. The van der Waals surface area contributed by atoms with Crippen molar-refractivity contribution in [3.8, 4) is 0 Å². The summed E-state index contributed by atoms with van der Waals surface area (Å²) in [7, 11) is 0. The summed E-state index contributed by atoms with van der Waals surface area (Å²) >= 11 is 7.71. The van der Waals surface area contributed by atoms with Crippen molar-refractivity contribution in [3.05, 3.63) is 35.9 Å². The second-order valence-corrected chi connectivity index (χ2v) is 8.25. The van der Waals surface area contributed by atoms with Crippen LogP contribution in [0.5, 0.6) is 0 Å². The van der Waals surface area contributed by atoms with Gasteiger partial charge in [-0.05, 0) is 30.7 Å². The second-order valence-electron chi connectivity index (χ2n) is 6.02. The van der Waals surface area contributed by atoms with Crippen molar-refractivity contribution in [2.24, 2.45) is 5.92 Å². The van der Waals surface area contributed by atoms with Crippen LogP contribution < -0.4 is 0 Å². The first-order valence-electron chi connectivity index (χ1n) is 8.13. The zero-order valence-corrected chi connectivity index (χ0v) is 16.1. The molecule has 0 bridgehead atoms. The Hall–Kier alpha value is 0.140. The minimum absolute atomic E-state index is 0.332. The highest BCUT2D eigenvalue weighted by molar-refractivity contribution is 9.12. The summed E-state index contributed by atoms with van der Waals surface area (Å²) in [5.41, 5.74) is 1.41. The summed E-state index contributed by atoms with van der Waals surface area (Å²) in [5.74, 6) is 0.647. The van der Waals surface area contributed by atoms with Crippen molar-refractivity contribution in [2.75, 3.05) is 0 Å². The van der Waals surface area contributed by atoms with E-state index in [4.69, 9.17) is 4.74 Å². The summed E-state index contributed by atoms with van der Waals surface area (Å²) in [6, 6.07) is 10.7. The minimum atomic E-state index is 0.332. The molecule has 1 fully saturated rings. The highest BCUT2D eigenvalue weighted by Gasteiger charge is 2.38. The molecule has 0 N–H and O–H groups in total. The van der Waals surface area contributed by atoms with Crippen LogP contribution in [0.15, 0.2) is 30.3 Å². The van der Waals surface area contributed by atoms with Crippen LogP contribution in [0.1, 0.15) is 45.1 Å². The van der Waals surface area contributed by atoms with Crippen LogP contribution in [0.25, 0.3) is 0 Å². The Kier molecular flexibility index (Phi) is 7.24. The van der Waals surface area contributed by atoms with Crippen LogP contribution in [-0.4, -0.2) is 21.9 Å². The molecule has 0 radical (unpaired) electrons. The summed E-state index contributed by atoms with van der Waals surface area (Å²) in [6.45, 7) is 4.54. The quantitative estimate of drug-likeness (QED) is 0.536. The Morgan fingerprint density at radius 1 is 1.14 bits per heavy atom. The van der Waals surface area contributed by atoms with Crippen molar-refractivity contribution in [1.82, 2.24) is 0 Å². The third-order valence-electron chi connectivity index (χ3n) is 4.61. The molecule has 0 amide bonds. The zero-order valence-electron chi connectivity index (χ0n) is 13.0. The monoisotopic (exact) mass is 416 g/mol. The summed E-state index contributed by atoms with van der Waals surface area (Å²) < 4.78 is 6.46. The molecule has 3 heteroatoms. The minimum Gasteiger partial charge on any atom is -0.373 e. The molecule has 0 saturated carbocycles. The van der Waals surface area contributed by atoms with Crippen LogP contribution in [0.4, 0.5) is 0 Å². The molecule has 1 heterocycles. The van der Waals surface area contributed by atoms with Crippen molar-refractivity contribution in [1.29, 1.82) is 0 Å². The molecule has 2 rings (SSSR count). The normalized spacial score (nSPS) is 29.8. The van der Waals surface area contributed by atoms with E-state index in [1.807, 2.05) is 0 Å². The Morgan fingerprint density at radius 2 is 1.81 bits per heavy atom. The molecule has 0 unspecified atom stereocenters. The fourth-order valence-electron chi connectivity index (χ4n) is 3.22. The van der Waals surface area contributed by atoms with E-state index >= 15 is 0 Å². The lowest BCUT2D eigenvalue weighted by Gasteiger charge is -2.41. The summed E-state index contributed by atoms with van der Waals surface area (Å²) in [5, 5.41) is 0. The highest BCUT2D eigenvalue weighted by atomic mass is 79.9. The average molecular weight is 418 g/mol. The van der Waals surface area contributed by atoms with E-state index in [0.29, 0.717) is 27.8 Å². The number of benzene rings is 1. The molecule has 0 aromatic heterocycles. The Bertz CT molecular complexity index is 403. The van der Waals surface area contributed by atoms with Crippen LogP contribution >= 0.6 is 31.9 Å². The SMILES string of the molecule is CCC(CC)[C@H]1O[C@@H](CCc2ccccc2)C[C@@H](Br)[C@H]1Br. The van der Waals surface area contributed by atoms with Gasteiger partial charge in [0.1, 0.15) is 0 Å². The largest absolute Gasteiger partial charge is 0.373 e. The van der Waals surface area contributed by atoms with E-state index in [1.54, 1.807) is 0 Å². The van der Waals surface area contributed by atoms with E-state index in [-0.39, 0.29) is 0 Å². The van der Waals surface area contributed by atoms with E-state index in [9.17, 15) is 0 Å². The number of aryl methyl sites for hydroxylation is 1. The fraction of sp³-hybridized carbons (Fsp3) is 0.667. The maximum atomic E-state index is 6.46. The second kappa shape index (κ2) is 8.69. The molecule has 1 nitrogen and oxygen atoms in total. The van der Waals surface area contributed by atoms with Crippen molar-refractivity contribution in [3.63, 3.8) is 0 Å². The molecule has 0 aliphatic carbocycles. The van der Waals surface area contributed by atoms with Crippen LogP contribution in [0.3, 0.4) is 0 Å². The third-order valence-corrected chi connectivity index (χ3v) is 7.42. The molecule has 118 valence electrons. The van der Waals surface area contributed by atoms with Gasteiger partial charge < -0.3 is 4.74 Å². The predicted octanol–water partition coefficient (Wildman–Crippen LogP) is 5.74. The van der Waals surface area contributed by atoms with E-state index in [0.717, 1.165) is 19.3 Å². The number of hydrogen-bond donors (Lipinski definition) is 0. The molecule has 0 spiro atoms. The van der Waals surface area contributed by atoms with Gasteiger partial charge in [-0.3, -0.25) is 0 Å². The number of rotatable bonds is 6. The third kappa shape index (κ3) is 4.80. The molecule has 21 heavy (non-hydrogen) atoms. The maximum Gasteiger partial charge on any atom is 0.0742 e. The summed E-state index contributed by atoms with van der Waals surface area (Å²) in [4.78, 5) is 0.938. The predicted molar refractivity (Wildman–Crippen MR) is 97.5 cm³/mol. The average Bonchev–Trinajstić information content (AvgIpc) is 2.51. The van der Waals surface area contributed by atoms with Gasteiger partial charge in [-0.15, -0.1) is 0 Å². The molecule has 1 aromatic carbocycles. The van der Waals surface area contributed by atoms with Gasteiger partial charge in [0.15, 0.2) is 0 Å². The molecule has 1 aliphatic heterocycles. The number of alkyl halides is 2. The molecule has 1 aromatic rings. The van der Waals surface area contributed by atoms with Crippen LogP contribution in [-0.2, 0) is 11.2 Å². The Balaban J connectivity index is 1.94. The van der Waals surface area contributed by atoms with Gasteiger partial charge in [0.2, 0.25) is 0 Å². The number of halogens is 2. The Labute approximate surface area is 146 Å². The smallest absolute Gasteiger partial charge is 0.0742 e. The first kappa shape index (κ1) is 17.5. The van der Waals surface area contributed by atoms with Crippen molar-refractivity contribution >= 4 is 31.9 Å². The number of hydrogen-bond acceptors (Lipinski definition) is 1. The molecule has 4 atom stereocenters. The van der Waals surface area contributed by atoms with E-state index < -0.39 is 0 Å². The van der Waals surface area contributed by atoms with Crippen molar-refractivity contribution < 1.29 is 4.74 Å². The highest BCUT2D eigenvalue weighted by Crippen LogP contribution is 2.37. The van der Waals surface area contributed by atoms with Crippen molar-refractivity contribution in [2.45, 2.75) is 67.8 Å². The summed E-state index contributed by atoms with van der Waals surface area (Å²) in [6.07, 6.45) is 6.39. The molecular formula is C18H26Br2O. The lowest BCUT2D eigenvalue weighted by atomic mass is 9.89. The van der Waals surface area contributed by atoms with Crippen LogP contribution in [0, 0.1) is 5.92 Å². The molecule has 1 aliphatic rings. The lowest BCUT2D eigenvalue weighted by molar-refractivity contribution is -0.0728. The van der Waals surface area contributed by atoms with Gasteiger partial charge in [-0.1, -0.05) is 88.9 Å². The number of ether oxygens (including phenoxy) is 1. The van der Waals surface area contributed by atoms with E-state index in [2.05, 4.69) is 76.0 Å². The van der Waals surface area contributed by atoms with E-state index in [1.165, 1.54) is 18.4 Å². The van der Waals surface area contributed by atoms with Gasteiger partial charge in [0.05, 0.1) is 17.0 Å². The molecular weight excluding hydrogens is 392 g/mol. The van der Waals surface area contributed by atoms with Gasteiger partial charge >= 0.3 is 0 Å². The zero-order chi connectivity index (χ0) is 15.2. The van der Waals surface area contributed by atoms with Gasteiger partial charge in [0.25, 0.3) is 0 Å². The van der Waals surface area contributed by atoms with Gasteiger partial charge in [0, 0.05) is 4.83 Å². The Morgan fingerprint density at radius 3 is 2.43 bits per heavy atom. The first-order chi connectivity index (χ1) is 10.2. The van der Waals surface area contributed by atoms with Gasteiger partial charge in [-0.25, -0.2) is 0 Å². The molecule has 1 saturated heterocycles.